The Labute approximate surface area is 98.9 Å². The minimum absolute atomic E-state index is 0.504. The van der Waals surface area contributed by atoms with Crippen molar-refractivity contribution < 1.29 is 0 Å². The largest absolute Gasteiger partial charge is 0.358 e. The first-order valence-corrected chi connectivity index (χ1v) is 5.77. The molecule has 0 radical (unpaired) electrons. The van der Waals surface area contributed by atoms with Gasteiger partial charge in [0.05, 0.1) is 6.21 Å². The number of nitrogens with one attached hydrogen (secondary N) is 2. The van der Waals surface area contributed by atoms with E-state index in [1.54, 1.807) is 17.6 Å². The molecule has 0 aliphatic heterocycles. The maximum absolute atomic E-state index is 4.99. The van der Waals surface area contributed by atoms with Gasteiger partial charge in [-0.2, -0.15) is 16.4 Å². The lowest BCUT2D eigenvalue weighted by Gasteiger charge is -2.05. The number of hydrogen-bond donors (Lipinski definition) is 2. The maximum atomic E-state index is 4.99. The van der Waals surface area contributed by atoms with E-state index in [0.29, 0.717) is 11.7 Å². The summed E-state index contributed by atoms with van der Waals surface area (Å²) < 4.78 is 0. The van der Waals surface area contributed by atoms with Gasteiger partial charge in [0.25, 0.3) is 0 Å². The summed E-state index contributed by atoms with van der Waals surface area (Å²) in [6, 6.07) is 1.99. The van der Waals surface area contributed by atoms with Crippen LogP contribution >= 0.6 is 23.6 Å². The quantitative estimate of drug-likeness (QED) is 0.366. The number of rotatable bonds is 4. The van der Waals surface area contributed by atoms with E-state index >= 15 is 0 Å². The van der Waals surface area contributed by atoms with Crippen molar-refractivity contribution in [1.82, 2.24) is 10.7 Å². The molecule has 0 unspecified atom stereocenters. The Balaban J connectivity index is 2.25. The Bertz CT molecular complexity index is 355. The normalized spacial score (nSPS) is 10.2. The zero-order chi connectivity index (χ0) is 11.1. The molecule has 5 heteroatoms. The van der Waals surface area contributed by atoms with Crippen LogP contribution in [0, 0.1) is 0 Å². The molecule has 0 amide bonds. The highest BCUT2D eigenvalue weighted by molar-refractivity contribution is 7.80. The van der Waals surface area contributed by atoms with Crippen molar-refractivity contribution in [2.75, 3.05) is 6.54 Å². The summed E-state index contributed by atoms with van der Waals surface area (Å²) in [5.74, 6) is 0. The summed E-state index contributed by atoms with van der Waals surface area (Å²) in [7, 11) is 0. The second-order valence-corrected chi connectivity index (χ2v) is 4.25. The first-order chi connectivity index (χ1) is 7.18. The van der Waals surface area contributed by atoms with Crippen LogP contribution in [-0.2, 0) is 0 Å². The highest BCUT2D eigenvalue weighted by Crippen LogP contribution is 2.01. The molecule has 3 nitrogen and oxygen atoms in total. The molecule has 0 aliphatic rings. The van der Waals surface area contributed by atoms with Crippen molar-refractivity contribution in [3.8, 4) is 0 Å². The molecule has 0 saturated carbocycles. The Morgan fingerprint density at radius 2 is 2.53 bits per heavy atom. The van der Waals surface area contributed by atoms with E-state index in [2.05, 4.69) is 22.4 Å². The van der Waals surface area contributed by atoms with Crippen LogP contribution in [0.5, 0.6) is 0 Å². The number of hydrazone groups is 1. The summed E-state index contributed by atoms with van der Waals surface area (Å²) in [5.41, 5.74) is 4.82. The average molecular weight is 239 g/mol. The van der Waals surface area contributed by atoms with Crippen molar-refractivity contribution >= 4 is 34.9 Å². The topological polar surface area (TPSA) is 36.4 Å². The van der Waals surface area contributed by atoms with E-state index in [9.17, 15) is 0 Å². The van der Waals surface area contributed by atoms with Gasteiger partial charge in [0.15, 0.2) is 5.11 Å². The lowest BCUT2D eigenvalue weighted by atomic mass is 10.4. The first kappa shape index (κ1) is 11.9. The van der Waals surface area contributed by atoms with Crippen LogP contribution in [0.2, 0.25) is 0 Å². The van der Waals surface area contributed by atoms with Crippen molar-refractivity contribution in [3.63, 3.8) is 0 Å². The highest BCUT2D eigenvalue weighted by atomic mass is 32.1. The molecule has 1 aromatic heterocycles. The van der Waals surface area contributed by atoms with Gasteiger partial charge in [0.1, 0.15) is 0 Å². The van der Waals surface area contributed by atoms with E-state index in [-0.39, 0.29) is 0 Å². The predicted octanol–water partition coefficient (Wildman–Crippen LogP) is 2.12. The van der Waals surface area contributed by atoms with Crippen molar-refractivity contribution in [2.45, 2.75) is 6.92 Å². The molecular formula is C10H13N3S2. The number of nitrogens with zero attached hydrogens (tertiary/aromatic N) is 1. The number of hydrogen-bond acceptors (Lipinski definition) is 3. The van der Waals surface area contributed by atoms with Gasteiger partial charge in [-0.05, 0) is 36.0 Å². The minimum atomic E-state index is 0.504. The lowest BCUT2D eigenvalue weighted by molar-refractivity contribution is 0.917. The van der Waals surface area contributed by atoms with E-state index in [1.807, 2.05) is 23.8 Å². The average Bonchev–Trinajstić information content (AvgIpc) is 2.67. The fourth-order valence-electron chi connectivity index (χ4n) is 0.785. The third kappa shape index (κ3) is 5.29. The molecule has 15 heavy (non-hydrogen) atoms. The third-order valence-corrected chi connectivity index (χ3v) is 2.41. The number of thiophene rings is 1. The highest BCUT2D eigenvalue weighted by Gasteiger charge is 1.91. The van der Waals surface area contributed by atoms with Crippen LogP contribution in [0.25, 0.3) is 0 Å². The molecule has 0 spiro atoms. The molecule has 0 fully saturated rings. The van der Waals surface area contributed by atoms with Crippen molar-refractivity contribution in [3.05, 3.63) is 34.5 Å². The van der Waals surface area contributed by atoms with Crippen LogP contribution < -0.4 is 10.7 Å². The summed E-state index contributed by atoms with van der Waals surface area (Å²) in [4.78, 5) is 0. The molecule has 0 saturated heterocycles. The monoisotopic (exact) mass is 239 g/mol. The van der Waals surface area contributed by atoms with E-state index in [0.717, 1.165) is 11.1 Å². The summed E-state index contributed by atoms with van der Waals surface area (Å²) >= 11 is 6.63. The summed E-state index contributed by atoms with van der Waals surface area (Å²) in [6.45, 7) is 6.36. The Morgan fingerprint density at radius 3 is 3.13 bits per heavy atom. The van der Waals surface area contributed by atoms with E-state index in [1.165, 1.54) is 0 Å². The molecule has 1 aromatic rings. The summed E-state index contributed by atoms with van der Waals surface area (Å²) in [6.07, 6.45) is 1.73. The molecule has 0 bridgehead atoms. The van der Waals surface area contributed by atoms with Gasteiger partial charge in [0, 0.05) is 12.1 Å². The molecule has 2 N–H and O–H groups in total. The molecule has 0 aromatic carbocycles. The Hall–Kier alpha value is -1.20. The van der Waals surface area contributed by atoms with Gasteiger partial charge in [0.2, 0.25) is 0 Å². The first-order valence-electron chi connectivity index (χ1n) is 4.42. The van der Waals surface area contributed by atoms with Gasteiger partial charge >= 0.3 is 0 Å². The molecule has 0 aliphatic carbocycles. The number of thiocarbonyl (C=S) groups is 1. The Morgan fingerprint density at radius 1 is 1.73 bits per heavy atom. The molecule has 0 atom stereocenters. The van der Waals surface area contributed by atoms with Gasteiger partial charge < -0.3 is 5.32 Å². The van der Waals surface area contributed by atoms with Crippen molar-refractivity contribution in [1.29, 1.82) is 0 Å². The molecular weight excluding hydrogens is 226 g/mol. The second kappa shape index (κ2) is 6.31. The smallest absolute Gasteiger partial charge is 0.187 e. The van der Waals surface area contributed by atoms with Crippen LogP contribution in [0.15, 0.2) is 34.1 Å². The Kier molecular flexibility index (Phi) is 5.00. The van der Waals surface area contributed by atoms with Crippen LogP contribution in [-0.4, -0.2) is 17.9 Å². The zero-order valence-electron chi connectivity index (χ0n) is 8.49. The fourth-order valence-corrected chi connectivity index (χ4v) is 1.52. The van der Waals surface area contributed by atoms with Crippen LogP contribution in [0.1, 0.15) is 12.5 Å². The van der Waals surface area contributed by atoms with Gasteiger partial charge in [-0.3, -0.25) is 5.43 Å². The van der Waals surface area contributed by atoms with Crippen LogP contribution in [0.3, 0.4) is 0 Å². The van der Waals surface area contributed by atoms with Gasteiger partial charge in [-0.1, -0.05) is 12.2 Å². The van der Waals surface area contributed by atoms with Crippen LogP contribution in [0.4, 0.5) is 0 Å². The SMILES string of the molecule is C=C(C)CNC(=S)N/N=C/c1ccsc1. The third-order valence-electron chi connectivity index (χ3n) is 1.47. The molecule has 1 heterocycles. The molecule has 1 rings (SSSR count). The maximum Gasteiger partial charge on any atom is 0.187 e. The van der Waals surface area contributed by atoms with Gasteiger partial charge in [-0.25, -0.2) is 0 Å². The van der Waals surface area contributed by atoms with Crippen molar-refractivity contribution in [2.24, 2.45) is 5.10 Å². The second-order valence-electron chi connectivity index (χ2n) is 3.07. The van der Waals surface area contributed by atoms with Gasteiger partial charge in [-0.15, -0.1) is 0 Å². The zero-order valence-corrected chi connectivity index (χ0v) is 10.1. The fraction of sp³-hybridized carbons (Fsp3) is 0.200. The molecule has 80 valence electrons. The summed E-state index contributed by atoms with van der Waals surface area (Å²) in [5, 5.41) is 11.5. The van der Waals surface area contributed by atoms with E-state index in [4.69, 9.17) is 12.2 Å². The minimum Gasteiger partial charge on any atom is -0.358 e. The lowest BCUT2D eigenvalue weighted by Crippen LogP contribution is -2.32. The van der Waals surface area contributed by atoms with E-state index < -0.39 is 0 Å². The standard InChI is InChI=1S/C10H13N3S2/c1-8(2)5-11-10(14)13-12-6-9-3-4-15-7-9/h3-4,6-7H,1,5H2,2H3,(H2,11,13,14)/b12-6+. The predicted molar refractivity (Wildman–Crippen MR) is 70.5 cm³/mol.